The van der Waals surface area contributed by atoms with Crippen LogP contribution >= 0.6 is 11.3 Å². The molecule has 0 spiro atoms. The molecule has 6 nitrogen and oxygen atoms in total. The molecule has 0 aliphatic rings. The van der Waals surface area contributed by atoms with Gasteiger partial charge in [0.25, 0.3) is 15.9 Å². The summed E-state index contributed by atoms with van der Waals surface area (Å²) in [4.78, 5) is 12.6. The number of para-hydroxylation sites is 2. The zero-order chi connectivity index (χ0) is 16.3. The lowest BCUT2D eigenvalue weighted by atomic mass is 10.3. The fraction of sp³-hybridized carbons (Fsp3) is 0.214. The number of carbonyl (C=O) groups is 1. The first kappa shape index (κ1) is 16.3. The van der Waals surface area contributed by atoms with Gasteiger partial charge in [-0.1, -0.05) is 12.1 Å². The molecule has 2 rings (SSSR count). The van der Waals surface area contributed by atoms with Gasteiger partial charge in [0.2, 0.25) is 0 Å². The van der Waals surface area contributed by atoms with Crippen molar-refractivity contribution in [3.63, 3.8) is 0 Å². The van der Waals surface area contributed by atoms with Crippen LogP contribution in [0.25, 0.3) is 0 Å². The number of thiophene rings is 1. The first-order valence-electron chi connectivity index (χ1n) is 6.37. The zero-order valence-corrected chi connectivity index (χ0v) is 14.0. The molecule has 1 aromatic carbocycles. The predicted molar refractivity (Wildman–Crippen MR) is 86.2 cm³/mol. The Kier molecular flexibility index (Phi) is 4.72. The lowest BCUT2D eigenvalue weighted by molar-refractivity contribution is 0.0967. The van der Waals surface area contributed by atoms with E-state index in [9.17, 15) is 13.2 Å². The van der Waals surface area contributed by atoms with Gasteiger partial charge in [0.05, 0.1) is 17.7 Å². The van der Waals surface area contributed by atoms with Gasteiger partial charge in [0, 0.05) is 11.9 Å². The van der Waals surface area contributed by atoms with E-state index in [2.05, 4.69) is 10.0 Å². The number of sulfonamides is 1. The van der Waals surface area contributed by atoms with Gasteiger partial charge in [-0.2, -0.15) is 0 Å². The molecule has 0 saturated heterocycles. The Balaban J connectivity index is 2.39. The summed E-state index contributed by atoms with van der Waals surface area (Å²) < 4.78 is 32.7. The molecular weight excluding hydrogens is 324 g/mol. The summed E-state index contributed by atoms with van der Waals surface area (Å²) in [5.74, 6) is 0.109. The van der Waals surface area contributed by atoms with Gasteiger partial charge < -0.3 is 10.1 Å². The minimum absolute atomic E-state index is 0.0852. The standard InChI is InChI=1S/C14H16N2O4S2/c1-9-13(8-12(21-9)14(17)15-2)22(18,19)16-10-6-4-5-7-11(10)20-3/h4-8,16H,1-3H3,(H,15,17). The molecule has 0 saturated carbocycles. The SMILES string of the molecule is CNC(=O)c1cc(S(=O)(=O)Nc2ccccc2OC)c(C)s1. The Labute approximate surface area is 133 Å². The van der Waals surface area contributed by atoms with Crippen LogP contribution in [0.3, 0.4) is 0 Å². The molecule has 1 amide bonds. The maximum Gasteiger partial charge on any atom is 0.263 e. The number of aryl methyl sites for hydroxylation is 1. The van der Waals surface area contributed by atoms with Crippen molar-refractivity contribution in [3.8, 4) is 5.75 Å². The predicted octanol–water partition coefficient (Wildman–Crippen LogP) is 2.23. The van der Waals surface area contributed by atoms with Crippen LogP contribution in [0.5, 0.6) is 5.75 Å². The van der Waals surface area contributed by atoms with Crippen molar-refractivity contribution >= 4 is 33.0 Å². The van der Waals surface area contributed by atoms with Gasteiger partial charge in [0.15, 0.2) is 0 Å². The minimum atomic E-state index is -3.80. The number of ether oxygens (including phenoxy) is 1. The summed E-state index contributed by atoms with van der Waals surface area (Å²) in [5.41, 5.74) is 0.345. The van der Waals surface area contributed by atoms with Crippen LogP contribution in [-0.2, 0) is 10.0 Å². The lowest BCUT2D eigenvalue weighted by Crippen LogP contribution is -2.17. The Morgan fingerprint density at radius 1 is 1.27 bits per heavy atom. The van der Waals surface area contributed by atoms with Crippen LogP contribution < -0.4 is 14.8 Å². The summed E-state index contributed by atoms with van der Waals surface area (Å²) in [6.45, 7) is 1.66. The third-order valence-corrected chi connectivity index (χ3v) is 5.63. The van der Waals surface area contributed by atoms with Crippen molar-refractivity contribution in [1.29, 1.82) is 0 Å². The quantitative estimate of drug-likeness (QED) is 0.874. The van der Waals surface area contributed by atoms with Crippen LogP contribution in [0, 0.1) is 6.92 Å². The fourth-order valence-corrected chi connectivity index (χ4v) is 4.51. The van der Waals surface area contributed by atoms with E-state index in [0.717, 1.165) is 11.3 Å². The summed E-state index contributed by atoms with van der Waals surface area (Å²) in [5, 5.41) is 2.48. The molecule has 0 fully saturated rings. The fourth-order valence-electron chi connectivity index (χ4n) is 1.90. The lowest BCUT2D eigenvalue weighted by Gasteiger charge is -2.11. The normalized spacial score (nSPS) is 11.0. The van der Waals surface area contributed by atoms with Crippen molar-refractivity contribution in [2.24, 2.45) is 0 Å². The number of amides is 1. The molecule has 0 aliphatic heterocycles. The van der Waals surface area contributed by atoms with E-state index in [-0.39, 0.29) is 10.8 Å². The van der Waals surface area contributed by atoms with Crippen molar-refractivity contribution < 1.29 is 17.9 Å². The van der Waals surface area contributed by atoms with E-state index >= 15 is 0 Å². The van der Waals surface area contributed by atoms with Crippen molar-refractivity contribution in [2.45, 2.75) is 11.8 Å². The average molecular weight is 340 g/mol. The van der Waals surface area contributed by atoms with Gasteiger partial charge in [-0.15, -0.1) is 11.3 Å². The van der Waals surface area contributed by atoms with Crippen LogP contribution in [0.1, 0.15) is 14.5 Å². The third-order valence-electron chi connectivity index (χ3n) is 2.96. The zero-order valence-electron chi connectivity index (χ0n) is 12.3. The van der Waals surface area contributed by atoms with E-state index in [0.29, 0.717) is 21.2 Å². The van der Waals surface area contributed by atoms with E-state index in [1.54, 1.807) is 31.2 Å². The molecule has 1 aromatic heterocycles. The van der Waals surface area contributed by atoms with Gasteiger partial charge in [-0.3, -0.25) is 9.52 Å². The number of nitrogens with one attached hydrogen (secondary N) is 2. The second kappa shape index (κ2) is 6.37. The van der Waals surface area contributed by atoms with Gasteiger partial charge in [-0.25, -0.2) is 8.42 Å². The number of carbonyl (C=O) groups excluding carboxylic acids is 1. The number of hydrogen-bond donors (Lipinski definition) is 2. The molecule has 8 heteroatoms. The number of methoxy groups -OCH3 is 1. The first-order valence-corrected chi connectivity index (χ1v) is 8.67. The van der Waals surface area contributed by atoms with E-state index in [1.807, 2.05) is 0 Å². The van der Waals surface area contributed by atoms with Gasteiger partial charge in [-0.05, 0) is 25.1 Å². The molecule has 118 valence electrons. The molecule has 0 atom stereocenters. The number of benzene rings is 1. The van der Waals surface area contributed by atoms with Gasteiger partial charge in [0.1, 0.15) is 10.6 Å². The Morgan fingerprint density at radius 3 is 2.59 bits per heavy atom. The highest BCUT2D eigenvalue weighted by Gasteiger charge is 2.23. The molecular formula is C14H16N2O4S2. The largest absolute Gasteiger partial charge is 0.495 e. The molecule has 0 aliphatic carbocycles. The van der Waals surface area contributed by atoms with Crippen molar-refractivity contribution in [3.05, 3.63) is 40.1 Å². The Morgan fingerprint density at radius 2 is 1.95 bits per heavy atom. The highest BCUT2D eigenvalue weighted by molar-refractivity contribution is 7.93. The summed E-state index contributed by atoms with van der Waals surface area (Å²) >= 11 is 1.13. The number of rotatable bonds is 5. The van der Waals surface area contributed by atoms with E-state index < -0.39 is 10.0 Å². The smallest absolute Gasteiger partial charge is 0.263 e. The minimum Gasteiger partial charge on any atom is -0.495 e. The molecule has 22 heavy (non-hydrogen) atoms. The summed E-state index contributed by atoms with van der Waals surface area (Å²) in [6.07, 6.45) is 0. The average Bonchev–Trinajstić information content (AvgIpc) is 2.89. The van der Waals surface area contributed by atoms with Crippen molar-refractivity contribution in [1.82, 2.24) is 5.32 Å². The van der Waals surface area contributed by atoms with Crippen LogP contribution in [0.4, 0.5) is 5.69 Å². The first-order chi connectivity index (χ1) is 10.4. The highest BCUT2D eigenvalue weighted by Crippen LogP contribution is 2.30. The second-order valence-corrected chi connectivity index (χ2v) is 7.32. The molecule has 1 heterocycles. The number of anilines is 1. The monoisotopic (exact) mass is 340 g/mol. The molecule has 0 radical (unpaired) electrons. The Bertz CT molecular complexity index is 797. The summed E-state index contributed by atoms with van der Waals surface area (Å²) in [6, 6.07) is 8.09. The van der Waals surface area contributed by atoms with Crippen LogP contribution in [-0.4, -0.2) is 28.5 Å². The highest BCUT2D eigenvalue weighted by atomic mass is 32.2. The van der Waals surface area contributed by atoms with Gasteiger partial charge >= 0.3 is 0 Å². The van der Waals surface area contributed by atoms with Crippen LogP contribution in [0.2, 0.25) is 0 Å². The maximum absolute atomic E-state index is 12.5. The second-order valence-electron chi connectivity index (χ2n) is 4.42. The third kappa shape index (κ3) is 3.23. The number of hydrogen-bond acceptors (Lipinski definition) is 5. The molecule has 0 unspecified atom stereocenters. The maximum atomic E-state index is 12.5. The molecule has 2 N–H and O–H groups in total. The van der Waals surface area contributed by atoms with Crippen LogP contribution in [0.15, 0.2) is 35.2 Å². The van der Waals surface area contributed by atoms with Crippen molar-refractivity contribution in [2.75, 3.05) is 18.9 Å². The topological polar surface area (TPSA) is 84.5 Å². The van der Waals surface area contributed by atoms with E-state index in [4.69, 9.17) is 4.74 Å². The molecule has 2 aromatic rings. The summed E-state index contributed by atoms with van der Waals surface area (Å²) in [7, 11) is -0.833. The van der Waals surface area contributed by atoms with E-state index in [1.165, 1.54) is 20.2 Å². The molecule has 0 bridgehead atoms. The Hall–Kier alpha value is -2.06.